The van der Waals surface area contributed by atoms with E-state index in [9.17, 15) is 8.78 Å². The van der Waals surface area contributed by atoms with E-state index in [0.717, 1.165) is 13.0 Å². The number of thioether (sulfide) groups is 1. The predicted molar refractivity (Wildman–Crippen MR) is 73.4 cm³/mol. The van der Waals surface area contributed by atoms with Gasteiger partial charge in [-0.1, -0.05) is 6.92 Å². The fraction of sp³-hybridized carbons (Fsp3) is 0.500. The van der Waals surface area contributed by atoms with Crippen LogP contribution in [0.5, 0.6) is 0 Å². The highest BCUT2D eigenvalue weighted by Crippen LogP contribution is 2.21. The number of hydrogen-bond donors (Lipinski definition) is 1. The van der Waals surface area contributed by atoms with Crippen LogP contribution in [0.2, 0.25) is 0 Å². The third kappa shape index (κ3) is 4.56. The molecule has 0 bridgehead atoms. The molecule has 0 aliphatic heterocycles. The normalized spacial score (nSPS) is 12.8. The first-order valence-electron chi connectivity index (χ1n) is 5.42. The van der Waals surface area contributed by atoms with E-state index in [1.165, 1.54) is 12.1 Å². The van der Waals surface area contributed by atoms with Gasteiger partial charge in [-0.05, 0) is 47.3 Å². The average molecular weight is 324 g/mol. The van der Waals surface area contributed by atoms with Crippen molar-refractivity contribution in [1.29, 1.82) is 0 Å². The second-order valence-corrected chi connectivity index (χ2v) is 5.96. The summed E-state index contributed by atoms with van der Waals surface area (Å²) in [6.07, 6.45) is 3.04. The Kier molecular flexibility index (Phi) is 6.44. The fourth-order valence-corrected chi connectivity index (χ4v) is 2.09. The second-order valence-electron chi connectivity index (χ2n) is 3.83. The van der Waals surface area contributed by atoms with Crippen LogP contribution in [0.25, 0.3) is 0 Å². The summed E-state index contributed by atoms with van der Waals surface area (Å²) < 4.78 is 27.3. The smallest absolute Gasteiger partial charge is 0.144 e. The third-order valence-electron chi connectivity index (χ3n) is 2.57. The predicted octanol–water partition coefficient (Wildman–Crippen LogP) is 3.96. The van der Waals surface area contributed by atoms with E-state index in [1.807, 2.05) is 0 Å². The van der Waals surface area contributed by atoms with Crippen molar-refractivity contribution in [2.75, 3.05) is 12.8 Å². The molecule has 0 saturated heterocycles. The highest BCUT2D eigenvalue weighted by molar-refractivity contribution is 9.10. The number of halogens is 3. The van der Waals surface area contributed by atoms with Crippen LogP contribution in [-0.4, -0.2) is 18.1 Å². The summed E-state index contributed by atoms with van der Waals surface area (Å²) in [4.78, 5) is 0. The van der Waals surface area contributed by atoms with E-state index in [0.29, 0.717) is 9.72 Å². The lowest BCUT2D eigenvalue weighted by molar-refractivity contribution is 0.529. The minimum atomic E-state index is -0.518. The van der Waals surface area contributed by atoms with Crippen molar-refractivity contribution < 1.29 is 8.78 Å². The van der Waals surface area contributed by atoms with E-state index >= 15 is 0 Å². The molecular weight excluding hydrogens is 308 g/mol. The zero-order valence-electron chi connectivity index (χ0n) is 9.90. The molecule has 17 heavy (non-hydrogen) atoms. The van der Waals surface area contributed by atoms with Crippen molar-refractivity contribution in [3.8, 4) is 0 Å². The Morgan fingerprint density at radius 2 is 2.12 bits per heavy atom. The topological polar surface area (TPSA) is 12.0 Å². The SMILES string of the molecule is CSC(C)CCNCc1c(F)ccc(Br)c1F. The second kappa shape index (κ2) is 7.34. The molecule has 0 aromatic heterocycles. The molecule has 1 atom stereocenters. The van der Waals surface area contributed by atoms with Gasteiger partial charge in [-0.15, -0.1) is 0 Å². The van der Waals surface area contributed by atoms with Gasteiger partial charge in [0, 0.05) is 17.4 Å². The standard InChI is InChI=1S/C12H16BrF2NS/c1-8(17-2)5-6-16-7-9-11(14)4-3-10(13)12(9)15/h3-4,8,16H,5-7H2,1-2H3. The van der Waals surface area contributed by atoms with Crippen LogP contribution in [0.3, 0.4) is 0 Å². The lowest BCUT2D eigenvalue weighted by Gasteiger charge is -2.10. The van der Waals surface area contributed by atoms with Crippen molar-refractivity contribution in [1.82, 2.24) is 5.32 Å². The summed E-state index contributed by atoms with van der Waals surface area (Å²) in [7, 11) is 0. The van der Waals surface area contributed by atoms with Crippen molar-refractivity contribution in [2.45, 2.75) is 25.1 Å². The van der Waals surface area contributed by atoms with Gasteiger partial charge in [0.15, 0.2) is 0 Å². The molecule has 0 radical (unpaired) electrons. The molecule has 1 N–H and O–H groups in total. The highest BCUT2D eigenvalue weighted by atomic mass is 79.9. The molecule has 1 aromatic rings. The largest absolute Gasteiger partial charge is 0.312 e. The van der Waals surface area contributed by atoms with Gasteiger partial charge in [0.2, 0.25) is 0 Å². The molecule has 1 rings (SSSR count). The Morgan fingerprint density at radius 1 is 1.41 bits per heavy atom. The average Bonchev–Trinajstić information content (AvgIpc) is 2.32. The fourth-order valence-electron chi connectivity index (χ4n) is 1.37. The first-order valence-corrected chi connectivity index (χ1v) is 7.50. The molecule has 96 valence electrons. The van der Waals surface area contributed by atoms with E-state index in [4.69, 9.17) is 0 Å². The van der Waals surface area contributed by atoms with Crippen LogP contribution in [0, 0.1) is 11.6 Å². The van der Waals surface area contributed by atoms with Crippen molar-refractivity contribution in [2.24, 2.45) is 0 Å². The molecule has 5 heteroatoms. The quantitative estimate of drug-likeness (QED) is 0.628. The van der Waals surface area contributed by atoms with E-state index in [-0.39, 0.29) is 12.1 Å². The van der Waals surface area contributed by atoms with Gasteiger partial charge in [-0.25, -0.2) is 8.78 Å². The monoisotopic (exact) mass is 323 g/mol. The minimum absolute atomic E-state index is 0.0937. The molecular formula is C12H16BrF2NS. The zero-order valence-corrected chi connectivity index (χ0v) is 12.3. The number of benzene rings is 1. The summed E-state index contributed by atoms with van der Waals surface area (Å²) >= 11 is 4.83. The van der Waals surface area contributed by atoms with Gasteiger partial charge in [0.1, 0.15) is 11.6 Å². The molecule has 0 spiro atoms. The number of nitrogens with one attached hydrogen (secondary N) is 1. The Morgan fingerprint density at radius 3 is 2.76 bits per heavy atom. The van der Waals surface area contributed by atoms with Crippen molar-refractivity contribution in [3.63, 3.8) is 0 Å². The molecule has 0 heterocycles. The summed E-state index contributed by atoms with van der Waals surface area (Å²) in [6, 6.07) is 2.65. The maximum atomic E-state index is 13.6. The molecule has 0 aliphatic carbocycles. The molecule has 1 aromatic carbocycles. The van der Waals surface area contributed by atoms with Crippen LogP contribution in [0.1, 0.15) is 18.9 Å². The lowest BCUT2D eigenvalue weighted by Crippen LogP contribution is -2.19. The van der Waals surface area contributed by atoms with Crippen LogP contribution < -0.4 is 5.32 Å². The summed E-state index contributed by atoms with van der Waals surface area (Å²) in [5.74, 6) is -1.02. The highest BCUT2D eigenvalue weighted by Gasteiger charge is 2.11. The van der Waals surface area contributed by atoms with Crippen LogP contribution in [0.4, 0.5) is 8.78 Å². The van der Waals surface area contributed by atoms with Gasteiger partial charge >= 0.3 is 0 Å². The van der Waals surface area contributed by atoms with Gasteiger partial charge in [-0.3, -0.25) is 0 Å². The van der Waals surface area contributed by atoms with Gasteiger partial charge in [0.25, 0.3) is 0 Å². The summed E-state index contributed by atoms with van der Waals surface area (Å²) in [5, 5.41) is 3.62. The molecule has 0 aliphatic rings. The molecule has 0 fully saturated rings. The third-order valence-corrected chi connectivity index (χ3v) is 4.22. The molecule has 1 nitrogen and oxygen atoms in total. The van der Waals surface area contributed by atoms with Crippen molar-refractivity contribution >= 4 is 27.7 Å². The molecule has 1 unspecified atom stereocenters. The van der Waals surface area contributed by atoms with E-state index < -0.39 is 11.6 Å². The van der Waals surface area contributed by atoms with Crippen LogP contribution in [0.15, 0.2) is 16.6 Å². The molecule has 0 saturated carbocycles. The Balaban J connectivity index is 2.49. The lowest BCUT2D eigenvalue weighted by atomic mass is 10.2. The first-order chi connectivity index (χ1) is 8.06. The maximum absolute atomic E-state index is 13.6. The summed E-state index contributed by atoms with van der Waals surface area (Å²) in [6.45, 7) is 3.11. The Hall–Kier alpha value is -0.130. The first kappa shape index (κ1) is 14.9. The minimum Gasteiger partial charge on any atom is -0.312 e. The Bertz CT molecular complexity index is 374. The Labute approximate surface area is 113 Å². The molecule has 0 amide bonds. The maximum Gasteiger partial charge on any atom is 0.144 e. The zero-order chi connectivity index (χ0) is 12.8. The van der Waals surface area contributed by atoms with Gasteiger partial charge < -0.3 is 5.32 Å². The van der Waals surface area contributed by atoms with Crippen LogP contribution >= 0.6 is 27.7 Å². The van der Waals surface area contributed by atoms with E-state index in [2.05, 4.69) is 34.4 Å². The number of hydrogen-bond acceptors (Lipinski definition) is 2. The van der Waals surface area contributed by atoms with Gasteiger partial charge in [0.05, 0.1) is 4.47 Å². The van der Waals surface area contributed by atoms with Crippen LogP contribution in [-0.2, 0) is 6.54 Å². The number of rotatable bonds is 6. The van der Waals surface area contributed by atoms with Gasteiger partial charge in [-0.2, -0.15) is 11.8 Å². The van der Waals surface area contributed by atoms with Crippen molar-refractivity contribution in [3.05, 3.63) is 33.8 Å². The van der Waals surface area contributed by atoms with E-state index in [1.54, 1.807) is 11.8 Å². The summed E-state index contributed by atoms with van der Waals surface area (Å²) in [5.41, 5.74) is 0.0937.